The summed E-state index contributed by atoms with van der Waals surface area (Å²) in [6.45, 7) is 2.26. The van der Waals surface area contributed by atoms with E-state index in [-0.39, 0.29) is 5.91 Å². The van der Waals surface area contributed by atoms with Crippen molar-refractivity contribution in [1.82, 2.24) is 4.90 Å². The van der Waals surface area contributed by atoms with E-state index in [4.69, 9.17) is 4.74 Å². The lowest BCUT2D eigenvalue weighted by Gasteiger charge is -2.15. The summed E-state index contributed by atoms with van der Waals surface area (Å²) in [5, 5.41) is 0. The molecule has 3 nitrogen and oxygen atoms in total. The molecule has 1 saturated heterocycles. The summed E-state index contributed by atoms with van der Waals surface area (Å²) in [7, 11) is 0. The van der Waals surface area contributed by atoms with Crippen LogP contribution in [0.15, 0.2) is 53.0 Å². The number of nitrogens with zero attached hydrogens (tertiary/aromatic N) is 1. The topological polar surface area (TPSA) is 29.5 Å². The fourth-order valence-electron chi connectivity index (χ4n) is 2.54. The molecule has 0 aromatic heterocycles. The van der Waals surface area contributed by atoms with Gasteiger partial charge in [-0.25, -0.2) is 0 Å². The van der Waals surface area contributed by atoms with Crippen LogP contribution in [-0.4, -0.2) is 23.9 Å². The molecule has 0 N–H and O–H groups in total. The SMILES string of the molecule is O=C(c1ccc(COc2ccc(Br)cc2)cc1)N1CCCC1. The molecule has 114 valence electrons. The van der Waals surface area contributed by atoms with Crippen LogP contribution in [0.5, 0.6) is 5.75 Å². The molecule has 0 aliphatic carbocycles. The van der Waals surface area contributed by atoms with E-state index in [1.54, 1.807) is 0 Å². The van der Waals surface area contributed by atoms with Crippen LogP contribution in [0, 0.1) is 0 Å². The standard InChI is InChI=1S/C18H18BrNO2/c19-16-7-9-17(10-8-16)22-13-14-3-5-15(6-4-14)18(21)20-11-1-2-12-20/h3-10H,1-2,11-13H2. The van der Waals surface area contributed by atoms with Gasteiger partial charge in [0.05, 0.1) is 0 Å². The van der Waals surface area contributed by atoms with Crippen molar-refractivity contribution < 1.29 is 9.53 Å². The normalized spacial score (nSPS) is 14.1. The predicted molar refractivity (Wildman–Crippen MR) is 90.1 cm³/mol. The Balaban J connectivity index is 1.59. The number of amides is 1. The summed E-state index contributed by atoms with van der Waals surface area (Å²) in [6.07, 6.45) is 2.23. The molecule has 3 rings (SSSR count). The Labute approximate surface area is 139 Å². The summed E-state index contributed by atoms with van der Waals surface area (Å²) < 4.78 is 6.76. The summed E-state index contributed by atoms with van der Waals surface area (Å²) in [6, 6.07) is 15.5. The van der Waals surface area contributed by atoms with E-state index < -0.39 is 0 Å². The first kappa shape index (κ1) is 15.1. The highest BCUT2D eigenvalue weighted by Gasteiger charge is 2.19. The number of hydrogen-bond donors (Lipinski definition) is 0. The Hall–Kier alpha value is -1.81. The highest BCUT2D eigenvalue weighted by atomic mass is 79.9. The van der Waals surface area contributed by atoms with Gasteiger partial charge in [0.15, 0.2) is 0 Å². The van der Waals surface area contributed by atoms with Gasteiger partial charge in [0, 0.05) is 23.1 Å². The zero-order chi connectivity index (χ0) is 15.4. The van der Waals surface area contributed by atoms with Crippen LogP contribution >= 0.6 is 15.9 Å². The van der Waals surface area contributed by atoms with Crippen molar-refractivity contribution in [1.29, 1.82) is 0 Å². The summed E-state index contributed by atoms with van der Waals surface area (Å²) >= 11 is 3.40. The second kappa shape index (κ2) is 6.97. The van der Waals surface area contributed by atoms with Crippen LogP contribution in [0.1, 0.15) is 28.8 Å². The third-order valence-electron chi connectivity index (χ3n) is 3.81. The molecule has 1 aliphatic heterocycles. The van der Waals surface area contributed by atoms with Crippen LogP contribution in [-0.2, 0) is 6.61 Å². The minimum absolute atomic E-state index is 0.137. The average molecular weight is 360 g/mol. The number of likely N-dealkylation sites (tertiary alicyclic amines) is 1. The third kappa shape index (κ3) is 3.69. The molecule has 0 unspecified atom stereocenters. The number of halogens is 1. The van der Waals surface area contributed by atoms with Crippen molar-refractivity contribution >= 4 is 21.8 Å². The van der Waals surface area contributed by atoms with Gasteiger partial charge in [-0.1, -0.05) is 28.1 Å². The number of hydrogen-bond acceptors (Lipinski definition) is 2. The monoisotopic (exact) mass is 359 g/mol. The molecule has 1 fully saturated rings. The lowest BCUT2D eigenvalue weighted by Crippen LogP contribution is -2.27. The molecule has 0 atom stereocenters. The molecule has 1 aliphatic rings. The summed E-state index contributed by atoms with van der Waals surface area (Å²) in [5.74, 6) is 0.971. The van der Waals surface area contributed by atoms with Crippen molar-refractivity contribution in [2.24, 2.45) is 0 Å². The molecule has 2 aromatic rings. The molecule has 1 heterocycles. The molecule has 22 heavy (non-hydrogen) atoms. The minimum Gasteiger partial charge on any atom is -0.489 e. The first-order chi connectivity index (χ1) is 10.7. The summed E-state index contributed by atoms with van der Waals surface area (Å²) in [5.41, 5.74) is 1.81. The number of rotatable bonds is 4. The van der Waals surface area contributed by atoms with Gasteiger partial charge in [0.2, 0.25) is 0 Å². The fourth-order valence-corrected chi connectivity index (χ4v) is 2.81. The largest absolute Gasteiger partial charge is 0.489 e. The molecule has 0 bridgehead atoms. The first-order valence-corrected chi connectivity index (χ1v) is 8.28. The maximum absolute atomic E-state index is 12.3. The fraction of sp³-hybridized carbons (Fsp3) is 0.278. The highest BCUT2D eigenvalue weighted by molar-refractivity contribution is 9.10. The Morgan fingerprint density at radius 1 is 1.00 bits per heavy atom. The lowest BCUT2D eigenvalue weighted by molar-refractivity contribution is 0.0793. The molecular formula is C18H18BrNO2. The van der Waals surface area contributed by atoms with Crippen LogP contribution < -0.4 is 4.74 Å². The quantitative estimate of drug-likeness (QED) is 0.815. The Bertz CT molecular complexity index is 631. The van der Waals surface area contributed by atoms with E-state index in [0.717, 1.165) is 47.3 Å². The average Bonchev–Trinajstić information content (AvgIpc) is 3.09. The number of carbonyl (C=O) groups is 1. The van der Waals surface area contributed by atoms with Crippen molar-refractivity contribution in [3.8, 4) is 5.75 Å². The van der Waals surface area contributed by atoms with Gasteiger partial charge < -0.3 is 9.64 Å². The number of carbonyl (C=O) groups excluding carboxylic acids is 1. The van der Waals surface area contributed by atoms with E-state index >= 15 is 0 Å². The van der Waals surface area contributed by atoms with E-state index in [2.05, 4.69) is 15.9 Å². The maximum atomic E-state index is 12.3. The minimum atomic E-state index is 0.137. The van der Waals surface area contributed by atoms with Crippen LogP contribution in [0.4, 0.5) is 0 Å². The molecule has 0 radical (unpaired) electrons. The van der Waals surface area contributed by atoms with Gasteiger partial charge in [-0.2, -0.15) is 0 Å². The Kier molecular flexibility index (Phi) is 4.78. The van der Waals surface area contributed by atoms with Gasteiger partial charge in [0.1, 0.15) is 12.4 Å². The first-order valence-electron chi connectivity index (χ1n) is 7.49. The van der Waals surface area contributed by atoms with Crippen molar-refractivity contribution in [2.75, 3.05) is 13.1 Å². The van der Waals surface area contributed by atoms with E-state index in [9.17, 15) is 4.79 Å². The van der Waals surface area contributed by atoms with Crippen molar-refractivity contribution in [3.05, 3.63) is 64.1 Å². The second-order valence-corrected chi connectivity index (χ2v) is 6.35. The smallest absolute Gasteiger partial charge is 0.253 e. The van der Waals surface area contributed by atoms with E-state index in [1.807, 2.05) is 53.4 Å². The number of ether oxygens (including phenoxy) is 1. The van der Waals surface area contributed by atoms with Gasteiger partial charge >= 0.3 is 0 Å². The molecule has 4 heteroatoms. The van der Waals surface area contributed by atoms with Gasteiger partial charge in [-0.15, -0.1) is 0 Å². The Morgan fingerprint density at radius 3 is 2.27 bits per heavy atom. The molecule has 1 amide bonds. The third-order valence-corrected chi connectivity index (χ3v) is 4.34. The molecule has 0 saturated carbocycles. The predicted octanol–water partition coefficient (Wildman–Crippen LogP) is 4.26. The van der Waals surface area contributed by atoms with Gasteiger partial charge in [-0.3, -0.25) is 4.79 Å². The van der Waals surface area contributed by atoms with Gasteiger partial charge in [-0.05, 0) is 54.8 Å². The molecule has 0 spiro atoms. The second-order valence-electron chi connectivity index (χ2n) is 5.44. The zero-order valence-electron chi connectivity index (χ0n) is 12.3. The highest BCUT2D eigenvalue weighted by Crippen LogP contribution is 2.18. The van der Waals surface area contributed by atoms with Crippen LogP contribution in [0.25, 0.3) is 0 Å². The maximum Gasteiger partial charge on any atom is 0.253 e. The van der Waals surface area contributed by atoms with E-state index in [0.29, 0.717) is 6.61 Å². The lowest BCUT2D eigenvalue weighted by atomic mass is 10.1. The van der Waals surface area contributed by atoms with E-state index in [1.165, 1.54) is 0 Å². The number of benzene rings is 2. The Morgan fingerprint density at radius 2 is 1.64 bits per heavy atom. The zero-order valence-corrected chi connectivity index (χ0v) is 13.9. The van der Waals surface area contributed by atoms with Crippen LogP contribution in [0.3, 0.4) is 0 Å². The molecular weight excluding hydrogens is 342 g/mol. The summed E-state index contributed by atoms with van der Waals surface area (Å²) in [4.78, 5) is 14.2. The molecule has 2 aromatic carbocycles. The van der Waals surface area contributed by atoms with Crippen LogP contribution in [0.2, 0.25) is 0 Å². The van der Waals surface area contributed by atoms with Gasteiger partial charge in [0.25, 0.3) is 5.91 Å². The van der Waals surface area contributed by atoms with Crippen molar-refractivity contribution in [2.45, 2.75) is 19.4 Å². The van der Waals surface area contributed by atoms with Crippen molar-refractivity contribution in [3.63, 3.8) is 0 Å².